The molecule has 0 saturated carbocycles. The topological polar surface area (TPSA) is 69.6 Å². The number of ether oxygens (including phenoxy) is 3. The summed E-state index contributed by atoms with van der Waals surface area (Å²) in [7, 11) is 0. The third-order valence-corrected chi connectivity index (χ3v) is 4.57. The Morgan fingerprint density at radius 2 is 1.96 bits per heavy atom. The van der Waals surface area contributed by atoms with Gasteiger partial charge in [-0.05, 0) is 46.5 Å². The average Bonchev–Trinajstić information content (AvgIpc) is 3.09. The van der Waals surface area contributed by atoms with E-state index < -0.39 is 5.60 Å². The van der Waals surface area contributed by atoms with Crippen LogP contribution in [0.2, 0.25) is 0 Å². The molecule has 2 unspecified atom stereocenters. The number of hydrogen-bond acceptors (Lipinski definition) is 6. The molecule has 0 spiro atoms. The highest BCUT2D eigenvalue weighted by atomic mass is 16.7. The molecular formula is C17H28N2O5. The third kappa shape index (κ3) is 4.32. The van der Waals surface area contributed by atoms with Gasteiger partial charge in [0, 0.05) is 12.1 Å². The highest BCUT2D eigenvalue weighted by Gasteiger charge is 2.45. The summed E-state index contributed by atoms with van der Waals surface area (Å²) in [6, 6.07) is 0.467. The molecule has 0 aromatic carbocycles. The smallest absolute Gasteiger partial charge is 0.410 e. The molecule has 2 atom stereocenters. The molecule has 24 heavy (non-hydrogen) atoms. The highest BCUT2D eigenvalue weighted by molar-refractivity contribution is 5.76. The van der Waals surface area contributed by atoms with Crippen molar-refractivity contribution < 1.29 is 23.8 Å². The molecule has 136 valence electrons. The van der Waals surface area contributed by atoms with Crippen molar-refractivity contribution in [3.8, 4) is 0 Å². The third-order valence-electron chi connectivity index (χ3n) is 4.57. The van der Waals surface area contributed by atoms with Crippen LogP contribution in [0.3, 0.4) is 0 Å². The first-order valence-electron chi connectivity index (χ1n) is 8.87. The summed E-state index contributed by atoms with van der Waals surface area (Å²) in [5, 5.41) is 3.79. The molecule has 0 aromatic rings. The molecule has 7 heteroatoms. The van der Waals surface area contributed by atoms with Gasteiger partial charge in [0.1, 0.15) is 18.8 Å². The first-order chi connectivity index (χ1) is 11.4. The predicted octanol–water partition coefficient (Wildman–Crippen LogP) is 2.68. The zero-order valence-corrected chi connectivity index (χ0v) is 14.8. The highest BCUT2D eigenvalue weighted by Crippen LogP contribution is 2.37. The Hall–Kier alpha value is -1.50. The average molecular weight is 340 g/mol. The molecule has 1 amide bonds. The Kier molecular flexibility index (Phi) is 5.18. The lowest BCUT2D eigenvalue weighted by Crippen LogP contribution is -2.50. The molecule has 2 bridgehead atoms. The lowest BCUT2D eigenvalue weighted by Gasteiger charge is -2.39. The second-order valence-corrected chi connectivity index (χ2v) is 7.65. The van der Waals surface area contributed by atoms with Crippen LogP contribution in [-0.4, -0.2) is 60.5 Å². The second kappa shape index (κ2) is 7.17. The molecule has 7 nitrogen and oxygen atoms in total. The van der Waals surface area contributed by atoms with Crippen molar-refractivity contribution in [1.82, 2.24) is 4.90 Å². The predicted molar refractivity (Wildman–Crippen MR) is 87.8 cm³/mol. The monoisotopic (exact) mass is 340 g/mol. The number of rotatable bonds is 4. The number of nitrogens with zero attached hydrogens (tertiary/aromatic N) is 2. The number of carbonyl (C=O) groups is 1. The molecule has 0 aromatic heterocycles. The fourth-order valence-electron chi connectivity index (χ4n) is 3.64. The number of fused-ring (bicyclic) bond motifs is 2. The van der Waals surface area contributed by atoms with Crippen LogP contribution in [0, 0.1) is 0 Å². The molecule has 2 saturated heterocycles. The molecule has 3 aliphatic rings. The van der Waals surface area contributed by atoms with Crippen molar-refractivity contribution in [2.24, 2.45) is 5.16 Å². The molecule has 2 fully saturated rings. The van der Waals surface area contributed by atoms with Crippen LogP contribution < -0.4 is 0 Å². The Balaban J connectivity index is 1.42. The summed E-state index contributed by atoms with van der Waals surface area (Å²) in [6.45, 7) is 7.34. The number of hydrogen-bond donors (Lipinski definition) is 0. The number of amides is 1. The molecular weight excluding hydrogens is 312 g/mol. The standard InChI is InChI=1S/C17H28N2O5/c1-17(2,3)24-16(20)19-12-4-5-13(19)11-14(10-12)21-8-9-22-15-6-7-23-18-15/h12-14H,4-11H2,1-3H3. The Morgan fingerprint density at radius 1 is 1.25 bits per heavy atom. The van der Waals surface area contributed by atoms with Crippen molar-refractivity contribution in [3.63, 3.8) is 0 Å². The summed E-state index contributed by atoms with van der Waals surface area (Å²) < 4.78 is 17.0. The van der Waals surface area contributed by atoms with Crippen molar-refractivity contribution in [3.05, 3.63) is 0 Å². The van der Waals surface area contributed by atoms with Gasteiger partial charge in [0.05, 0.1) is 19.1 Å². The van der Waals surface area contributed by atoms with Gasteiger partial charge in [-0.3, -0.25) is 0 Å². The van der Waals surface area contributed by atoms with Gasteiger partial charge in [0.2, 0.25) is 5.90 Å². The van der Waals surface area contributed by atoms with Crippen molar-refractivity contribution in [2.45, 2.75) is 76.7 Å². The number of piperidine rings is 1. The van der Waals surface area contributed by atoms with Crippen LogP contribution in [0.25, 0.3) is 0 Å². The lowest BCUT2D eigenvalue weighted by molar-refractivity contribution is -0.0403. The maximum Gasteiger partial charge on any atom is 0.410 e. The van der Waals surface area contributed by atoms with E-state index in [-0.39, 0.29) is 24.3 Å². The first-order valence-corrected chi connectivity index (χ1v) is 8.87. The second-order valence-electron chi connectivity index (χ2n) is 7.65. The van der Waals surface area contributed by atoms with E-state index in [1.165, 1.54) is 0 Å². The zero-order valence-electron chi connectivity index (χ0n) is 14.8. The first kappa shape index (κ1) is 17.3. The van der Waals surface area contributed by atoms with Crippen molar-refractivity contribution >= 4 is 12.0 Å². The quantitative estimate of drug-likeness (QED) is 0.736. The van der Waals surface area contributed by atoms with Gasteiger partial charge in [-0.1, -0.05) is 5.16 Å². The Morgan fingerprint density at radius 3 is 2.54 bits per heavy atom. The van der Waals surface area contributed by atoms with Gasteiger partial charge >= 0.3 is 6.09 Å². The van der Waals surface area contributed by atoms with Gasteiger partial charge < -0.3 is 23.9 Å². The molecule has 3 rings (SSSR count). The summed E-state index contributed by atoms with van der Waals surface area (Å²) >= 11 is 0. The van der Waals surface area contributed by atoms with Gasteiger partial charge in [0.25, 0.3) is 0 Å². The van der Waals surface area contributed by atoms with Crippen LogP contribution in [-0.2, 0) is 19.0 Å². The lowest BCUT2D eigenvalue weighted by atomic mass is 10.0. The molecule has 0 N–H and O–H groups in total. The van der Waals surface area contributed by atoms with Crippen LogP contribution in [0.15, 0.2) is 5.16 Å². The van der Waals surface area contributed by atoms with E-state index in [9.17, 15) is 4.79 Å². The number of carbonyl (C=O) groups excluding carboxylic acids is 1. The summed E-state index contributed by atoms with van der Waals surface area (Å²) in [4.78, 5) is 19.2. The minimum Gasteiger partial charge on any atom is -0.476 e. The van der Waals surface area contributed by atoms with E-state index in [0.717, 1.165) is 32.1 Å². The Bertz CT molecular complexity index is 474. The number of oxime groups is 1. The van der Waals surface area contributed by atoms with E-state index in [1.54, 1.807) is 0 Å². The largest absolute Gasteiger partial charge is 0.476 e. The fraction of sp³-hybridized carbons (Fsp3) is 0.882. The normalized spacial score (nSPS) is 29.2. The van der Waals surface area contributed by atoms with Crippen LogP contribution in [0.5, 0.6) is 0 Å². The zero-order chi connectivity index (χ0) is 17.2. The van der Waals surface area contributed by atoms with Gasteiger partial charge in [-0.25, -0.2) is 4.79 Å². The van der Waals surface area contributed by atoms with Crippen LogP contribution in [0.1, 0.15) is 52.9 Å². The molecule has 0 radical (unpaired) electrons. The van der Waals surface area contributed by atoms with E-state index >= 15 is 0 Å². The van der Waals surface area contributed by atoms with Gasteiger partial charge in [-0.2, -0.15) is 0 Å². The van der Waals surface area contributed by atoms with Crippen molar-refractivity contribution in [2.75, 3.05) is 19.8 Å². The van der Waals surface area contributed by atoms with E-state index in [0.29, 0.717) is 25.7 Å². The van der Waals surface area contributed by atoms with E-state index in [4.69, 9.17) is 19.0 Å². The van der Waals surface area contributed by atoms with Crippen LogP contribution in [0.4, 0.5) is 4.79 Å². The summed E-state index contributed by atoms with van der Waals surface area (Å²) in [5.74, 6) is 0.651. The molecule has 3 aliphatic heterocycles. The van der Waals surface area contributed by atoms with Crippen LogP contribution >= 0.6 is 0 Å². The maximum atomic E-state index is 12.4. The van der Waals surface area contributed by atoms with E-state index in [1.807, 2.05) is 25.7 Å². The molecule has 3 heterocycles. The minimum absolute atomic E-state index is 0.184. The van der Waals surface area contributed by atoms with Crippen molar-refractivity contribution in [1.29, 1.82) is 0 Å². The maximum absolute atomic E-state index is 12.4. The Labute approximate surface area is 143 Å². The molecule has 0 aliphatic carbocycles. The minimum atomic E-state index is -0.451. The summed E-state index contributed by atoms with van der Waals surface area (Å²) in [6.07, 6.45) is 4.56. The van der Waals surface area contributed by atoms with E-state index in [2.05, 4.69) is 5.16 Å². The SMILES string of the molecule is CC(C)(C)OC(=O)N1C2CCC1CC(OCCOC1=NOCC1)C2. The van der Waals surface area contributed by atoms with Gasteiger partial charge in [-0.15, -0.1) is 0 Å². The fourth-order valence-corrected chi connectivity index (χ4v) is 3.64. The van der Waals surface area contributed by atoms with Gasteiger partial charge in [0.15, 0.2) is 0 Å². The summed E-state index contributed by atoms with van der Waals surface area (Å²) in [5.41, 5.74) is -0.451.